The van der Waals surface area contributed by atoms with Crippen LogP contribution in [-0.4, -0.2) is 51.8 Å². The van der Waals surface area contributed by atoms with Crippen molar-refractivity contribution < 1.29 is 38.2 Å². The summed E-state index contributed by atoms with van der Waals surface area (Å²) in [7, 11) is 5.11. The second kappa shape index (κ2) is 6.54. The molecule has 0 saturated carbocycles. The van der Waals surface area contributed by atoms with Crippen LogP contribution in [0.15, 0.2) is 23.3 Å². The van der Waals surface area contributed by atoms with Gasteiger partial charge in [0.15, 0.2) is 17.1 Å². The fraction of sp³-hybridized carbons (Fsp3) is 0.412. The van der Waals surface area contributed by atoms with Crippen molar-refractivity contribution in [2.75, 3.05) is 35.0 Å². The minimum atomic E-state index is -1.79. The maximum Gasteiger partial charge on any atom is 0.337 e. The number of fused-ring (bicyclic) bond motifs is 5. The Hall–Kier alpha value is -3.14. The van der Waals surface area contributed by atoms with Crippen LogP contribution in [-0.2, 0) is 29.4 Å². The van der Waals surface area contributed by atoms with Crippen LogP contribution in [0.3, 0.4) is 0 Å². The lowest BCUT2D eigenvalue weighted by molar-refractivity contribution is -0.500. The summed E-state index contributed by atoms with van der Waals surface area (Å²) in [6.07, 6.45) is -1.03. The van der Waals surface area contributed by atoms with E-state index in [9.17, 15) is 19.7 Å². The molecule has 0 amide bonds. The molecule has 2 heterocycles. The number of carbonyl (C=O) groups is 2. The predicted molar refractivity (Wildman–Crippen MR) is 88.0 cm³/mol. The van der Waals surface area contributed by atoms with E-state index >= 15 is 0 Å². The molecule has 0 N–H and O–H groups in total. The van der Waals surface area contributed by atoms with Gasteiger partial charge >= 0.3 is 11.9 Å². The maximum absolute atomic E-state index is 12.5. The third-order valence-electron chi connectivity index (χ3n) is 4.67. The molecule has 0 unspecified atom stereocenters. The first-order valence-corrected chi connectivity index (χ1v) is 7.81. The van der Waals surface area contributed by atoms with Gasteiger partial charge in [0, 0.05) is 10.5 Å². The number of hydrogen-bond donors (Lipinski definition) is 0. The second-order valence-electron chi connectivity index (χ2n) is 5.88. The molecule has 1 aromatic rings. The van der Waals surface area contributed by atoms with Crippen LogP contribution < -0.4 is 9.47 Å². The number of nitrogens with zero attached hydrogens (tertiary/aromatic N) is 1. The van der Waals surface area contributed by atoms with Crippen molar-refractivity contribution in [3.8, 4) is 11.5 Å². The second-order valence-corrected chi connectivity index (χ2v) is 5.88. The summed E-state index contributed by atoms with van der Waals surface area (Å²) < 4.78 is 25.9. The van der Waals surface area contributed by atoms with Crippen molar-refractivity contribution in [3.63, 3.8) is 0 Å². The third-order valence-corrected chi connectivity index (χ3v) is 4.67. The van der Waals surface area contributed by atoms with Gasteiger partial charge in [-0.25, -0.2) is 9.59 Å². The molecule has 2 aliphatic heterocycles. The summed E-state index contributed by atoms with van der Waals surface area (Å²) in [6.45, 7) is -0.781. The number of esters is 2. The first-order valence-electron chi connectivity index (χ1n) is 7.81. The first-order chi connectivity index (χ1) is 12.8. The highest BCUT2D eigenvalue weighted by Gasteiger charge is 2.63. The van der Waals surface area contributed by atoms with Crippen LogP contribution in [0, 0.1) is 10.1 Å². The average Bonchev–Trinajstić information content (AvgIpc) is 3.15. The molecular formula is C17H17NO9. The number of benzene rings is 1. The van der Waals surface area contributed by atoms with Gasteiger partial charge in [0.25, 0.3) is 0 Å². The number of ether oxygens (including phenoxy) is 5. The van der Waals surface area contributed by atoms with E-state index < -0.39 is 35.1 Å². The Bertz CT molecular complexity index is 875. The summed E-state index contributed by atoms with van der Waals surface area (Å²) in [6, 6.07) is 3.08. The highest BCUT2D eigenvalue weighted by atomic mass is 16.6. The van der Waals surface area contributed by atoms with E-state index in [1.54, 1.807) is 6.07 Å². The molecular weight excluding hydrogens is 362 g/mol. The standard InChI is InChI=1S/C17H17NO9/c1-23-10-5-8-9(6-11(10)24-2)17(7-18(21)22)13(16(20)26-4)12(14(8)27-17)15(19)25-3/h5-6,14H,7H2,1-4H3/t14-,17+/m1/s1. The molecule has 0 aliphatic carbocycles. The molecule has 2 atom stereocenters. The molecule has 10 heteroatoms. The Balaban J connectivity index is 2.34. The Morgan fingerprint density at radius 3 is 2.22 bits per heavy atom. The third kappa shape index (κ3) is 2.52. The number of nitro groups is 1. The van der Waals surface area contributed by atoms with Crippen LogP contribution in [0.1, 0.15) is 17.2 Å². The molecule has 2 bridgehead atoms. The number of carbonyl (C=O) groups excluding carboxylic acids is 2. The number of hydrogen-bond acceptors (Lipinski definition) is 9. The molecule has 3 rings (SSSR count). The highest BCUT2D eigenvalue weighted by molar-refractivity contribution is 6.05. The van der Waals surface area contributed by atoms with E-state index in [1.807, 2.05) is 0 Å². The zero-order valence-electron chi connectivity index (χ0n) is 15.1. The lowest BCUT2D eigenvalue weighted by atomic mass is 9.77. The van der Waals surface area contributed by atoms with Gasteiger partial charge in [-0.3, -0.25) is 10.1 Å². The Morgan fingerprint density at radius 2 is 1.70 bits per heavy atom. The fourth-order valence-electron chi connectivity index (χ4n) is 3.63. The maximum atomic E-state index is 12.5. The number of rotatable bonds is 6. The van der Waals surface area contributed by atoms with Gasteiger partial charge in [-0.05, 0) is 17.7 Å². The van der Waals surface area contributed by atoms with Crippen molar-refractivity contribution in [1.82, 2.24) is 0 Å². The summed E-state index contributed by atoms with van der Waals surface area (Å²) >= 11 is 0. The average molecular weight is 379 g/mol. The molecule has 0 radical (unpaired) electrons. The van der Waals surface area contributed by atoms with Crippen molar-refractivity contribution in [2.24, 2.45) is 0 Å². The molecule has 0 aromatic heterocycles. The van der Waals surface area contributed by atoms with Gasteiger partial charge in [0.05, 0.1) is 39.6 Å². The summed E-state index contributed by atoms with van der Waals surface area (Å²) in [4.78, 5) is 35.6. The van der Waals surface area contributed by atoms with Crippen molar-refractivity contribution in [1.29, 1.82) is 0 Å². The molecule has 0 saturated heterocycles. The van der Waals surface area contributed by atoms with Gasteiger partial charge in [0.1, 0.15) is 6.10 Å². The van der Waals surface area contributed by atoms with Crippen LogP contribution in [0.2, 0.25) is 0 Å². The lowest BCUT2D eigenvalue weighted by Gasteiger charge is -2.26. The van der Waals surface area contributed by atoms with E-state index in [-0.39, 0.29) is 11.1 Å². The smallest absolute Gasteiger partial charge is 0.337 e. The molecule has 1 aromatic carbocycles. The van der Waals surface area contributed by atoms with Gasteiger partial charge in [-0.1, -0.05) is 0 Å². The minimum Gasteiger partial charge on any atom is -0.493 e. The number of methoxy groups -OCH3 is 4. The van der Waals surface area contributed by atoms with E-state index in [0.717, 1.165) is 14.2 Å². The summed E-state index contributed by atoms with van der Waals surface area (Å²) in [5.74, 6) is -1.07. The SMILES string of the molecule is COC(=O)C1=C(C(=O)OC)[C@@]2(C[N+](=O)[O-])O[C@@H]1c1cc(OC)c(OC)cc12. The summed E-state index contributed by atoms with van der Waals surface area (Å²) in [5.41, 5.74) is -1.35. The zero-order chi connectivity index (χ0) is 19.9. The molecule has 27 heavy (non-hydrogen) atoms. The van der Waals surface area contributed by atoms with E-state index in [0.29, 0.717) is 22.6 Å². The Morgan fingerprint density at radius 1 is 1.11 bits per heavy atom. The van der Waals surface area contributed by atoms with E-state index in [4.69, 9.17) is 23.7 Å². The Kier molecular flexibility index (Phi) is 4.52. The first kappa shape index (κ1) is 18.6. The minimum absolute atomic E-state index is 0.120. The summed E-state index contributed by atoms with van der Waals surface area (Å²) in [5, 5.41) is 11.4. The lowest BCUT2D eigenvalue weighted by Crippen LogP contribution is -2.38. The highest BCUT2D eigenvalue weighted by Crippen LogP contribution is 2.60. The predicted octanol–water partition coefficient (Wildman–Crippen LogP) is 0.903. The van der Waals surface area contributed by atoms with Crippen molar-refractivity contribution >= 4 is 11.9 Å². The molecule has 2 aliphatic rings. The molecule has 0 spiro atoms. The van der Waals surface area contributed by atoms with E-state index in [2.05, 4.69) is 0 Å². The van der Waals surface area contributed by atoms with Crippen LogP contribution in [0.5, 0.6) is 11.5 Å². The zero-order valence-corrected chi connectivity index (χ0v) is 15.1. The molecule has 0 fully saturated rings. The molecule has 144 valence electrons. The van der Waals surface area contributed by atoms with Gasteiger partial charge in [-0.15, -0.1) is 0 Å². The normalized spacial score (nSPS) is 22.3. The van der Waals surface area contributed by atoms with Crippen LogP contribution in [0.4, 0.5) is 0 Å². The van der Waals surface area contributed by atoms with Gasteiger partial charge < -0.3 is 23.7 Å². The van der Waals surface area contributed by atoms with Crippen LogP contribution >= 0.6 is 0 Å². The topological polar surface area (TPSA) is 123 Å². The quantitative estimate of drug-likeness (QED) is 0.403. The Labute approximate surface area is 153 Å². The van der Waals surface area contributed by atoms with Crippen molar-refractivity contribution in [2.45, 2.75) is 11.7 Å². The monoisotopic (exact) mass is 379 g/mol. The van der Waals surface area contributed by atoms with Gasteiger partial charge in [0.2, 0.25) is 6.54 Å². The van der Waals surface area contributed by atoms with Crippen molar-refractivity contribution in [3.05, 3.63) is 44.5 Å². The fourth-order valence-corrected chi connectivity index (χ4v) is 3.63. The van der Waals surface area contributed by atoms with Crippen LogP contribution in [0.25, 0.3) is 0 Å². The largest absolute Gasteiger partial charge is 0.493 e. The van der Waals surface area contributed by atoms with E-state index in [1.165, 1.54) is 20.3 Å². The molecule has 10 nitrogen and oxygen atoms in total. The van der Waals surface area contributed by atoms with Gasteiger partial charge in [-0.2, -0.15) is 0 Å².